The lowest BCUT2D eigenvalue weighted by atomic mass is 10.0. The van der Waals surface area contributed by atoms with Gasteiger partial charge in [-0.1, -0.05) is 0 Å². The number of methoxy groups -OCH3 is 1. The molecule has 0 spiro atoms. The van der Waals surface area contributed by atoms with Crippen LogP contribution in [0.3, 0.4) is 0 Å². The molecule has 0 aromatic heterocycles. The van der Waals surface area contributed by atoms with E-state index in [-0.39, 0.29) is 36.1 Å². The smallest absolute Gasteiger partial charge is 0.292 e. The molecular weight excluding hydrogens is 373 g/mol. The van der Waals surface area contributed by atoms with Crippen molar-refractivity contribution in [2.75, 3.05) is 30.4 Å². The van der Waals surface area contributed by atoms with Gasteiger partial charge in [0.1, 0.15) is 11.6 Å². The molecular formula is C22H25FN3O3+. The van der Waals surface area contributed by atoms with E-state index in [4.69, 9.17) is 4.74 Å². The summed E-state index contributed by atoms with van der Waals surface area (Å²) in [5.74, 6) is 0.163. The number of hydrogen-bond acceptors (Lipinski definition) is 4. The standard InChI is InChI=1S/C22H24FN3O3/c1-29-19-8-6-18(7-9-19)26-21(27)14-20(22(26)28)25-12-10-17(11-13-25)24-16-4-2-15(23)3-5-16/h2-9,17,20,24H,10-14H2,1H3/p+1/t20-/m1/s1. The third-order valence-electron chi connectivity index (χ3n) is 5.81. The number of benzene rings is 2. The van der Waals surface area contributed by atoms with Crippen LogP contribution < -0.4 is 19.9 Å². The summed E-state index contributed by atoms with van der Waals surface area (Å²) in [4.78, 5) is 28.0. The summed E-state index contributed by atoms with van der Waals surface area (Å²) < 4.78 is 18.2. The molecule has 2 amide bonds. The quantitative estimate of drug-likeness (QED) is 0.752. The Morgan fingerprint density at radius 1 is 1.03 bits per heavy atom. The van der Waals surface area contributed by atoms with Crippen molar-refractivity contribution >= 4 is 23.2 Å². The van der Waals surface area contributed by atoms with Gasteiger partial charge in [-0.3, -0.25) is 9.59 Å². The van der Waals surface area contributed by atoms with E-state index in [9.17, 15) is 14.0 Å². The van der Waals surface area contributed by atoms with Gasteiger partial charge in [-0.25, -0.2) is 9.29 Å². The zero-order valence-corrected chi connectivity index (χ0v) is 16.4. The third kappa shape index (κ3) is 4.10. The van der Waals surface area contributed by atoms with Crippen molar-refractivity contribution in [3.8, 4) is 5.75 Å². The monoisotopic (exact) mass is 398 g/mol. The fourth-order valence-electron chi connectivity index (χ4n) is 4.22. The number of piperidine rings is 1. The number of hydrogen-bond donors (Lipinski definition) is 2. The van der Waals surface area contributed by atoms with Gasteiger partial charge in [0.25, 0.3) is 5.91 Å². The molecule has 4 rings (SSSR count). The van der Waals surface area contributed by atoms with Gasteiger partial charge >= 0.3 is 0 Å². The maximum Gasteiger partial charge on any atom is 0.292 e. The zero-order valence-electron chi connectivity index (χ0n) is 16.4. The van der Waals surface area contributed by atoms with Crippen molar-refractivity contribution in [3.63, 3.8) is 0 Å². The first-order valence-corrected chi connectivity index (χ1v) is 9.92. The molecule has 0 unspecified atom stereocenters. The van der Waals surface area contributed by atoms with Crippen LogP contribution >= 0.6 is 0 Å². The maximum absolute atomic E-state index is 13.0. The van der Waals surface area contributed by atoms with Crippen LogP contribution in [0.25, 0.3) is 0 Å². The minimum absolute atomic E-state index is 0.125. The molecule has 2 aromatic rings. The van der Waals surface area contributed by atoms with E-state index in [1.807, 2.05) is 0 Å². The Labute approximate surface area is 169 Å². The second-order valence-corrected chi connectivity index (χ2v) is 7.61. The molecule has 6 nitrogen and oxygen atoms in total. The van der Waals surface area contributed by atoms with Crippen molar-refractivity contribution in [2.45, 2.75) is 31.3 Å². The summed E-state index contributed by atoms with van der Waals surface area (Å²) in [7, 11) is 1.58. The highest BCUT2D eigenvalue weighted by Crippen LogP contribution is 2.24. The van der Waals surface area contributed by atoms with Crippen molar-refractivity contribution < 1.29 is 23.6 Å². The molecule has 0 radical (unpaired) electrons. The number of likely N-dealkylation sites (tertiary alicyclic amines) is 1. The molecule has 2 aromatic carbocycles. The lowest BCUT2D eigenvalue weighted by Gasteiger charge is -2.32. The van der Waals surface area contributed by atoms with Gasteiger partial charge in [0.05, 0.1) is 32.3 Å². The lowest BCUT2D eigenvalue weighted by molar-refractivity contribution is -0.919. The van der Waals surface area contributed by atoms with E-state index in [1.54, 1.807) is 43.5 Å². The highest BCUT2D eigenvalue weighted by atomic mass is 19.1. The number of halogens is 1. The molecule has 0 bridgehead atoms. The Morgan fingerprint density at radius 2 is 1.69 bits per heavy atom. The summed E-state index contributed by atoms with van der Waals surface area (Å²) in [6, 6.07) is 13.3. The topological polar surface area (TPSA) is 63.1 Å². The SMILES string of the molecule is COc1ccc(N2C(=O)C[C@@H]([NH+]3CCC(Nc4ccc(F)cc4)CC3)C2=O)cc1. The fourth-order valence-corrected chi connectivity index (χ4v) is 4.22. The largest absolute Gasteiger partial charge is 0.497 e. The summed E-state index contributed by atoms with van der Waals surface area (Å²) in [5, 5.41) is 3.43. The van der Waals surface area contributed by atoms with Gasteiger partial charge in [0.2, 0.25) is 5.91 Å². The second-order valence-electron chi connectivity index (χ2n) is 7.61. The number of anilines is 2. The number of nitrogens with zero attached hydrogens (tertiary/aromatic N) is 1. The number of imide groups is 1. The first-order chi connectivity index (χ1) is 14.0. The van der Waals surface area contributed by atoms with Gasteiger partial charge in [-0.05, 0) is 48.5 Å². The molecule has 0 aliphatic carbocycles. The highest BCUT2D eigenvalue weighted by molar-refractivity contribution is 6.21. The van der Waals surface area contributed by atoms with E-state index in [2.05, 4.69) is 5.32 Å². The van der Waals surface area contributed by atoms with Gasteiger partial charge in [0.15, 0.2) is 6.04 Å². The number of rotatable bonds is 5. The van der Waals surface area contributed by atoms with Crippen LogP contribution in [-0.4, -0.2) is 44.1 Å². The van der Waals surface area contributed by atoms with Crippen LogP contribution in [-0.2, 0) is 9.59 Å². The van der Waals surface area contributed by atoms with Crippen LogP contribution in [0, 0.1) is 5.82 Å². The summed E-state index contributed by atoms with van der Waals surface area (Å²) >= 11 is 0. The molecule has 2 fully saturated rings. The molecule has 2 aliphatic heterocycles. The predicted molar refractivity (Wildman–Crippen MR) is 108 cm³/mol. The molecule has 2 heterocycles. The first kappa shape index (κ1) is 19.4. The Bertz CT molecular complexity index is 877. The van der Waals surface area contributed by atoms with Crippen molar-refractivity contribution in [2.24, 2.45) is 0 Å². The second kappa shape index (κ2) is 8.21. The normalized spacial score (nSPS) is 24.6. The Morgan fingerprint density at radius 3 is 2.31 bits per heavy atom. The number of nitrogens with one attached hydrogen (secondary N) is 2. The average molecular weight is 398 g/mol. The van der Waals surface area contributed by atoms with Gasteiger partial charge in [0, 0.05) is 24.6 Å². The zero-order chi connectivity index (χ0) is 20.4. The van der Waals surface area contributed by atoms with E-state index in [0.717, 1.165) is 36.5 Å². The molecule has 2 saturated heterocycles. The highest BCUT2D eigenvalue weighted by Gasteiger charge is 2.46. The summed E-state index contributed by atoms with van der Waals surface area (Å²) in [5.41, 5.74) is 1.49. The van der Waals surface area contributed by atoms with E-state index >= 15 is 0 Å². The summed E-state index contributed by atoms with van der Waals surface area (Å²) in [6.45, 7) is 1.64. The molecule has 2 aliphatic rings. The van der Waals surface area contributed by atoms with Crippen LogP contribution in [0.1, 0.15) is 19.3 Å². The first-order valence-electron chi connectivity index (χ1n) is 9.92. The minimum atomic E-state index is -0.323. The van der Waals surface area contributed by atoms with Crippen molar-refractivity contribution in [3.05, 3.63) is 54.3 Å². The van der Waals surface area contributed by atoms with Crippen LogP contribution in [0.4, 0.5) is 15.8 Å². The van der Waals surface area contributed by atoms with Crippen molar-refractivity contribution in [1.29, 1.82) is 0 Å². The predicted octanol–water partition coefficient (Wildman–Crippen LogP) is 1.63. The third-order valence-corrected chi connectivity index (χ3v) is 5.81. The lowest BCUT2D eigenvalue weighted by Crippen LogP contribution is -3.17. The average Bonchev–Trinajstić information content (AvgIpc) is 3.04. The molecule has 2 N–H and O–H groups in total. The molecule has 29 heavy (non-hydrogen) atoms. The number of amides is 2. The van der Waals surface area contributed by atoms with E-state index in [0.29, 0.717) is 11.4 Å². The fraction of sp³-hybridized carbons (Fsp3) is 0.364. The Kier molecular flexibility index (Phi) is 5.49. The van der Waals surface area contributed by atoms with Gasteiger partial charge < -0.3 is 15.0 Å². The Hall–Kier alpha value is -2.93. The molecule has 0 saturated carbocycles. The number of ether oxygens (including phenoxy) is 1. The summed E-state index contributed by atoms with van der Waals surface area (Å²) in [6.07, 6.45) is 2.04. The van der Waals surface area contributed by atoms with Crippen molar-refractivity contribution in [1.82, 2.24) is 0 Å². The number of carbonyl (C=O) groups is 2. The van der Waals surface area contributed by atoms with E-state index < -0.39 is 0 Å². The molecule has 7 heteroatoms. The van der Waals surface area contributed by atoms with Gasteiger partial charge in [-0.15, -0.1) is 0 Å². The van der Waals surface area contributed by atoms with Gasteiger partial charge in [-0.2, -0.15) is 0 Å². The minimum Gasteiger partial charge on any atom is -0.497 e. The van der Waals surface area contributed by atoms with Crippen LogP contribution in [0.5, 0.6) is 5.75 Å². The molecule has 152 valence electrons. The van der Waals surface area contributed by atoms with E-state index in [1.165, 1.54) is 17.0 Å². The Balaban J connectivity index is 1.36. The maximum atomic E-state index is 13.0. The number of quaternary nitrogens is 1. The molecule has 1 atom stereocenters. The van der Waals surface area contributed by atoms with Crippen LogP contribution in [0.2, 0.25) is 0 Å². The number of carbonyl (C=O) groups excluding carboxylic acids is 2. The van der Waals surface area contributed by atoms with Crippen LogP contribution in [0.15, 0.2) is 48.5 Å².